The minimum absolute atomic E-state index is 0.304. The quantitative estimate of drug-likeness (QED) is 0.731. The van der Waals surface area contributed by atoms with Gasteiger partial charge in [-0.25, -0.2) is 4.79 Å². The molecular formula is C12H17N3O3. The highest BCUT2D eigenvalue weighted by Crippen LogP contribution is 2.15. The third-order valence-corrected chi connectivity index (χ3v) is 2.40. The molecule has 0 fully saturated rings. The Labute approximate surface area is 105 Å². The number of nitrogens with one attached hydrogen (secondary N) is 2. The lowest BCUT2D eigenvalue weighted by Gasteiger charge is -2.15. The lowest BCUT2D eigenvalue weighted by Crippen LogP contribution is -2.45. The first-order valence-electron chi connectivity index (χ1n) is 5.57. The van der Waals surface area contributed by atoms with Crippen LogP contribution in [0.3, 0.4) is 0 Å². The molecule has 0 spiro atoms. The number of benzene rings is 1. The smallest absolute Gasteiger partial charge is 0.312 e. The molecule has 0 aliphatic rings. The van der Waals surface area contributed by atoms with E-state index in [1.807, 2.05) is 0 Å². The van der Waals surface area contributed by atoms with Crippen LogP contribution in [0.5, 0.6) is 5.75 Å². The number of ether oxygens (including phenoxy) is 1. The molecule has 1 rings (SSSR count). The van der Waals surface area contributed by atoms with Gasteiger partial charge in [0.2, 0.25) is 5.91 Å². The van der Waals surface area contributed by atoms with Gasteiger partial charge in [0.05, 0.1) is 7.11 Å². The van der Waals surface area contributed by atoms with Crippen molar-refractivity contribution in [1.29, 1.82) is 0 Å². The van der Waals surface area contributed by atoms with E-state index in [0.29, 0.717) is 17.9 Å². The molecule has 0 aliphatic heterocycles. The van der Waals surface area contributed by atoms with Gasteiger partial charge in [0.15, 0.2) is 0 Å². The zero-order valence-corrected chi connectivity index (χ0v) is 10.4. The summed E-state index contributed by atoms with van der Waals surface area (Å²) >= 11 is 0. The van der Waals surface area contributed by atoms with Crippen molar-refractivity contribution < 1.29 is 14.3 Å². The fraction of sp³-hybridized carbons (Fsp3) is 0.333. The maximum absolute atomic E-state index is 11.8. The number of rotatable bonds is 5. The van der Waals surface area contributed by atoms with Gasteiger partial charge in [0.25, 0.3) is 0 Å². The van der Waals surface area contributed by atoms with Crippen LogP contribution < -0.4 is 21.1 Å². The second-order valence-electron chi connectivity index (χ2n) is 3.69. The van der Waals surface area contributed by atoms with Crippen molar-refractivity contribution in [3.63, 3.8) is 0 Å². The van der Waals surface area contributed by atoms with Gasteiger partial charge in [-0.05, 0) is 30.7 Å². The average molecular weight is 251 g/mol. The molecule has 98 valence electrons. The van der Waals surface area contributed by atoms with Crippen LogP contribution in [-0.2, 0) is 4.79 Å². The van der Waals surface area contributed by atoms with Gasteiger partial charge < -0.3 is 21.1 Å². The van der Waals surface area contributed by atoms with Crippen LogP contribution in [0.15, 0.2) is 24.3 Å². The summed E-state index contributed by atoms with van der Waals surface area (Å²) in [5.41, 5.74) is 5.62. The number of urea groups is 1. The molecule has 0 aliphatic carbocycles. The van der Waals surface area contributed by atoms with Crippen molar-refractivity contribution in [1.82, 2.24) is 5.32 Å². The number of amides is 3. The van der Waals surface area contributed by atoms with E-state index in [-0.39, 0.29) is 5.91 Å². The Morgan fingerprint density at radius 1 is 1.33 bits per heavy atom. The number of nitrogens with two attached hydrogens (primary N) is 1. The molecule has 1 aromatic carbocycles. The number of primary amides is 1. The van der Waals surface area contributed by atoms with E-state index in [9.17, 15) is 9.59 Å². The van der Waals surface area contributed by atoms with Crippen molar-refractivity contribution in [2.75, 3.05) is 12.4 Å². The van der Waals surface area contributed by atoms with E-state index in [4.69, 9.17) is 10.5 Å². The monoisotopic (exact) mass is 251 g/mol. The van der Waals surface area contributed by atoms with Crippen molar-refractivity contribution >= 4 is 17.6 Å². The normalized spacial score (nSPS) is 11.4. The van der Waals surface area contributed by atoms with Gasteiger partial charge in [-0.1, -0.05) is 6.92 Å². The van der Waals surface area contributed by atoms with Crippen LogP contribution in [0, 0.1) is 0 Å². The topological polar surface area (TPSA) is 93.5 Å². The largest absolute Gasteiger partial charge is 0.497 e. The fourth-order valence-corrected chi connectivity index (χ4v) is 1.43. The first-order chi connectivity index (χ1) is 8.56. The van der Waals surface area contributed by atoms with Crippen molar-refractivity contribution in [2.45, 2.75) is 19.4 Å². The van der Waals surface area contributed by atoms with Crippen LogP contribution in [0.25, 0.3) is 0 Å². The molecule has 0 radical (unpaired) electrons. The Morgan fingerprint density at radius 3 is 2.39 bits per heavy atom. The molecule has 3 amide bonds. The van der Waals surface area contributed by atoms with E-state index < -0.39 is 12.1 Å². The molecule has 4 N–H and O–H groups in total. The lowest BCUT2D eigenvalue weighted by molar-refractivity contribution is -0.118. The lowest BCUT2D eigenvalue weighted by atomic mass is 10.2. The molecule has 0 heterocycles. The summed E-state index contributed by atoms with van der Waals surface area (Å²) < 4.78 is 5.01. The summed E-state index contributed by atoms with van der Waals surface area (Å²) in [6, 6.07) is 5.55. The second kappa shape index (κ2) is 6.48. The second-order valence-corrected chi connectivity index (χ2v) is 3.69. The molecule has 1 aromatic rings. The van der Waals surface area contributed by atoms with Gasteiger partial charge in [0, 0.05) is 5.69 Å². The van der Waals surface area contributed by atoms with Gasteiger partial charge in [-0.15, -0.1) is 0 Å². The third kappa shape index (κ3) is 3.97. The van der Waals surface area contributed by atoms with Gasteiger partial charge in [-0.2, -0.15) is 0 Å². The Hall–Kier alpha value is -2.24. The van der Waals surface area contributed by atoms with Crippen LogP contribution in [0.2, 0.25) is 0 Å². The summed E-state index contributed by atoms with van der Waals surface area (Å²) in [5, 5.41) is 5.06. The molecule has 1 unspecified atom stereocenters. The highest BCUT2D eigenvalue weighted by molar-refractivity contribution is 5.96. The minimum atomic E-state index is -0.716. The number of hydrogen-bond donors (Lipinski definition) is 3. The molecule has 18 heavy (non-hydrogen) atoms. The van der Waals surface area contributed by atoms with Crippen molar-refractivity contribution in [3.8, 4) is 5.75 Å². The highest BCUT2D eigenvalue weighted by Gasteiger charge is 2.17. The highest BCUT2D eigenvalue weighted by atomic mass is 16.5. The molecular weight excluding hydrogens is 234 g/mol. The minimum Gasteiger partial charge on any atom is -0.497 e. The van der Waals surface area contributed by atoms with Crippen LogP contribution >= 0.6 is 0 Å². The number of hydrogen-bond acceptors (Lipinski definition) is 3. The molecule has 0 saturated heterocycles. The average Bonchev–Trinajstić information content (AvgIpc) is 2.36. The SMILES string of the molecule is CCC(NC(N)=O)C(=O)Nc1ccc(OC)cc1. The zero-order chi connectivity index (χ0) is 13.5. The molecule has 0 aromatic heterocycles. The van der Waals surface area contributed by atoms with E-state index in [0.717, 1.165) is 0 Å². The van der Waals surface area contributed by atoms with Crippen molar-refractivity contribution in [3.05, 3.63) is 24.3 Å². The maximum atomic E-state index is 11.8. The van der Waals surface area contributed by atoms with Crippen LogP contribution in [0.4, 0.5) is 10.5 Å². The first-order valence-corrected chi connectivity index (χ1v) is 5.57. The summed E-state index contributed by atoms with van der Waals surface area (Å²) in [7, 11) is 1.57. The number of anilines is 1. The zero-order valence-electron chi connectivity index (χ0n) is 10.4. The third-order valence-electron chi connectivity index (χ3n) is 2.40. The molecule has 6 heteroatoms. The van der Waals surface area contributed by atoms with E-state index in [1.165, 1.54) is 0 Å². The summed E-state index contributed by atoms with van der Waals surface area (Å²) in [5.74, 6) is 0.400. The first kappa shape index (κ1) is 13.8. The Balaban J connectivity index is 2.64. The standard InChI is InChI=1S/C12H17N3O3/c1-3-10(15-12(13)17)11(16)14-8-4-6-9(18-2)7-5-8/h4-7,10H,3H2,1-2H3,(H,14,16)(H3,13,15,17). The maximum Gasteiger partial charge on any atom is 0.312 e. The predicted molar refractivity (Wildman–Crippen MR) is 68.4 cm³/mol. The van der Waals surface area contributed by atoms with E-state index in [2.05, 4.69) is 10.6 Å². The van der Waals surface area contributed by atoms with Gasteiger partial charge >= 0.3 is 6.03 Å². The summed E-state index contributed by atoms with van der Waals surface area (Å²) in [4.78, 5) is 22.5. The molecule has 0 saturated carbocycles. The fourth-order valence-electron chi connectivity index (χ4n) is 1.43. The molecule has 1 atom stereocenters. The van der Waals surface area contributed by atoms with E-state index >= 15 is 0 Å². The van der Waals surface area contributed by atoms with Crippen LogP contribution in [0.1, 0.15) is 13.3 Å². The molecule has 6 nitrogen and oxygen atoms in total. The predicted octanol–water partition coefficient (Wildman–Crippen LogP) is 1.08. The summed E-state index contributed by atoms with van der Waals surface area (Å²) in [6.45, 7) is 1.79. The Morgan fingerprint density at radius 2 is 1.94 bits per heavy atom. The molecule has 0 bridgehead atoms. The summed E-state index contributed by atoms with van der Waals surface area (Å²) in [6.07, 6.45) is 0.463. The van der Waals surface area contributed by atoms with Crippen LogP contribution in [-0.4, -0.2) is 25.1 Å². The Kier molecular flexibility index (Phi) is 4.98. The van der Waals surface area contributed by atoms with Gasteiger partial charge in [0.1, 0.15) is 11.8 Å². The number of carbonyl (C=O) groups excluding carboxylic acids is 2. The Bertz CT molecular complexity index is 417. The van der Waals surface area contributed by atoms with Crippen molar-refractivity contribution in [2.24, 2.45) is 5.73 Å². The number of carbonyl (C=O) groups is 2. The van der Waals surface area contributed by atoms with E-state index in [1.54, 1.807) is 38.3 Å². The number of methoxy groups -OCH3 is 1. The van der Waals surface area contributed by atoms with Gasteiger partial charge in [-0.3, -0.25) is 4.79 Å².